The molecule has 0 N–H and O–H groups in total. The summed E-state index contributed by atoms with van der Waals surface area (Å²) in [6.07, 6.45) is 8.43. The molecule has 138 valence electrons. The number of carbonyl (C=O) groups is 1. The quantitative estimate of drug-likeness (QED) is 0.839. The van der Waals surface area contributed by atoms with Crippen molar-refractivity contribution in [3.63, 3.8) is 0 Å². The van der Waals surface area contributed by atoms with E-state index in [4.69, 9.17) is 0 Å². The molecule has 0 unspecified atom stereocenters. The molecule has 3 aliphatic rings. The molecular weight excluding hydrogens is 319 g/mol. The highest BCUT2D eigenvalue weighted by molar-refractivity contribution is 5.85. The standard InChI is InChI=1S/C19H29FN4O/c20-19(6-1-2-7-19)18(25)23-10-4-16-14-22(15-17(16)5-11-23)12-13-24-9-3-8-21-24/h3,8-9,16-17H,1-2,4-7,10-15H2/t16-,17+. The molecule has 25 heavy (non-hydrogen) atoms. The molecule has 0 radical (unpaired) electrons. The van der Waals surface area contributed by atoms with Crippen LogP contribution in [0.3, 0.4) is 0 Å². The van der Waals surface area contributed by atoms with E-state index >= 15 is 0 Å². The van der Waals surface area contributed by atoms with Gasteiger partial charge in [-0.2, -0.15) is 5.10 Å². The van der Waals surface area contributed by atoms with Crippen molar-refractivity contribution in [1.82, 2.24) is 19.6 Å². The molecular formula is C19H29FN4O. The number of likely N-dealkylation sites (tertiary alicyclic amines) is 2. The summed E-state index contributed by atoms with van der Waals surface area (Å²) in [5.41, 5.74) is -1.56. The van der Waals surface area contributed by atoms with Gasteiger partial charge in [0.1, 0.15) is 0 Å². The van der Waals surface area contributed by atoms with E-state index in [1.165, 1.54) is 0 Å². The maximum Gasteiger partial charge on any atom is 0.260 e. The fourth-order valence-electron chi connectivity index (χ4n) is 4.94. The highest BCUT2D eigenvalue weighted by atomic mass is 19.1. The van der Waals surface area contributed by atoms with Gasteiger partial charge in [-0.25, -0.2) is 4.39 Å². The van der Waals surface area contributed by atoms with Gasteiger partial charge in [-0.15, -0.1) is 0 Å². The molecule has 0 spiro atoms. The van der Waals surface area contributed by atoms with Gasteiger partial charge in [0.05, 0.1) is 6.54 Å². The monoisotopic (exact) mass is 348 g/mol. The van der Waals surface area contributed by atoms with E-state index in [0.29, 0.717) is 24.7 Å². The van der Waals surface area contributed by atoms with Crippen LogP contribution in [0.1, 0.15) is 38.5 Å². The number of amides is 1. The van der Waals surface area contributed by atoms with Gasteiger partial charge in [0.2, 0.25) is 0 Å². The van der Waals surface area contributed by atoms with E-state index in [1.54, 1.807) is 0 Å². The highest BCUT2D eigenvalue weighted by Gasteiger charge is 2.45. The van der Waals surface area contributed by atoms with Gasteiger partial charge >= 0.3 is 0 Å². The summed E-state index contributed by atoms with van der Waals surface area (Å²) in [6, 6.07) is 1.96. The van der Waals surface area contributed by atoms with Gasteiger partial charge in [0.25, 0.3) is 5.91 Å². The van der Waals surface area contributed by atoms with Crippen molar-refractivity contribution < 1.29 is 9.18 Å². The van der Waals surface area contributed by atoms with Gasteiger partial charge in [0, 0.05) is 45.1 Å². The molecule has 0 bridgehead atoms. The molecule has 6 heteroatoms. The molecule has 0 aromatic carbocycles. The Bertz CT molecular complexity index is 568. The van der Waals surface area contributed by atoms with Crippen LogP contribution in [0.4, 0.5) is 4.39 Å². The molecule has 3 heterocycles. The van der Waals surface area contributed by atoms with Crippen LogP contribution < -0.4 is 0 Å². The zero-order valence-electron chi connectivity index (χ0n) is 14.9. The summed E-state index contributed by atoms with van der Waals surface area (Å²) in [6.45, 7) is 5.65. The van der Waals surface area contributed by atoms with Gasteiger partial charge in [0.15, 0.2) is 5.67 Å². The maximum atomic E-state index is 14.8. The molecule has 3 fully saturated rings. The lowest BCUT2D eigenvalue weighted by atomic mass is 9.92. The van der Waals surface area contributed by atoms with Crippen LogP contribution in [-0.4, -0.2) is 63.9 Å². The van der Waals surface area contributed by atoms with E-state index in [1.807, 2.05) is 28.0 Å². The Morgan fingerprint density at radius 1 is 1.12 bits per heavy atom. The zero-order valence-corrected chi connectivity index (χ0v) is 14.9. The molecule has 1 aliphatic carbocycles. The predicted molar refractivity (Wildman–Crippen MR) is 93.8 cm³/mol. The smallest absolute Gasteiger partial charge is 0.260 e. The van der Waals surface area contributed by atoms with Crippen LogP contribution >= 0.6 is 0 Å². The van der Waals surface area contributed by atoms with Crippen molar-refractivity contribution in [2.24, 2.45) is 11.8 Å². The van der Waals surface area contributed by atoms with Gasteiger partial charge in [-0.1, -0.05) is 0 Å². The molecule has 2 saturated heterocycles. The Morgan fingerprint density at radius 3 is 2.40 bits per heavy atom. The molecule has 2 atom stereocenters. The van der Waals surface area contributed by atoms with Crippen molar-refractivity contribution in [2.75, 3.05) is 32.7 Å². The van der Waals surface area contributed by atoms with Crippen LogP contribution in [-0.2, 0) is 11.3 Å². The summed E-state index contributed by atoms with van der Waals surface area (Å²) in [5, 5.41) is 4.27. The number of alkyl halides is 1. The fraction of sp³-hybridized carbons (Fsp3) is 0.789. The highest BCUT2D eigenvalue weighted by Crippen LogP contribution is 2.37. The molecule has 5 nitrogen and oxygen atoms in total. The first-order valence-electron chi connectivity index (χ1n) is 9.82. The van der Waals surface area contributed by atoms with E-state index in [9.17, 15) is 9.18 Å². The molecule has 4 rings (SSSR count). The molecule has 1 aromatic heterocycles. The minimum absolute atomic E-state index is 0.222. The third-order valence-corrected chi connectivity index (χ3v) is 6.46. The van der Waals surface area contributed by atoms with E-state index in [-0.39, 0.29) is 5.91 Å². The van der Waals surface area contributed by atoms with Gasteiger partial charge in [-0.3, -0.25) is 9.48 Å². The van der Waals surface area contributed by atoms with Crippen molar-refractivity contribution in [3.05, 3.63) is 18.5 Å². The van der Waals surface area contributed by atoms with Crippen LogP contribution in [0.15, 0.2) is 18.5 Å². The number of nitrogens with zero attached hydrogens (tertiary/aromatic N) is 4. The maximum absolute atomic E-state index is 14.8. The lowest BCUT2D eigenvalue weighted by Gasteiger charge is -2.28. The SMILES string of the molecule is O=C(N1CC[C@@H]2CN(CCn3cccn3)C[C@@H]2CC1)C1(F)CCCC1. The number of halogens is 1. The number of fused-ring (bicyclic) bond motifs is 1. The third kappa shape index (κ3) is 3.59. The van der Waals surface area contributed by atoms with Crippen molar-refractivity contribution in [2.45, 2.75) is 50.7 Å². The average molecular weight is 348 g/mol. The second kappa shape index (κ2) is 7.06. The minimum atomic E-state index is -1.56. The Hall–Kier alpha value is -1.43. The first kappa shape index (κ1) is 17.0. The summed E-state index contributed by atoms with van der Waals surface area (Å²) in [7, 11) is 0. The number of aromatic nitrogens is 2. The topological polar surface area (TPSA) is 41.4 Å². The van der Waals surface area contributed by atoms with Crippen molar-refractivity contribution >= 4 is 5.91 Å². The molecule has 1 amide bonds. The Morgan fingerprint density at radius 2 is 1.80 bits per heavy atom. The summed E-state index contributed by atoms with van der Waals surface area (Å²) >= 11 is 0. The summed E-state index contributed by atoms with van der Waals surface area (Å²) in [4.78, 5) is 17.0. The second-order valence-corrected chi connectivity index (χ2v) is 8.09. The van der Waals surface area contributed by atoms with Crippen LogP contribution in [0.5, 0.6) is 0 Å². The Kier molecular flexibility index (Phi) is 4.80. The summed E-state index contributed by atoms with van der Waals surface area (Å²) < 4.78 is 16.8. The largest absolute Gasteiger partial charge is 0.340 e. The lowest BCUT2D eigenvalue weighted by molar-refractivity contribution is -0.143. The zero-order chi connectivity index (χ0) is 17.3. The normalized spacial score (nSPS) is 29.6. The summed E-state index contributed by atoms with van der Waals surface area (Å²) in [5.74, 6) is 1.07. The molecule has 1 saturated carbocycles. The first-order valence-corrected chi connectivity index (χ1v) is 9.82. The van der Waals surface area contributed by atoms with Gasteiger partial charge in [-0.05, 0) is 56.4 Å². The number of rotatable bonds is 4. The number of carbonyl (C=O) groups excluding carboxylic acids is 1. The molecule has 1 aromatic rings. The fourth-order valence-corrected chi connectivity index (χ4v) is 4.94. The average Bonchev–Trinajstić information content (AvgIpc) is 3.33. The van der Waals surface area contributed by atoms with E-state index in [2.05, 4.69) is 10.00 Å². The number of hydrogen-bond donors (Lipinski definition) is 0. The Labute approximate surface area is 149 Å². The van der Waals surface area contributed by atoms with E-state index in [0.717, 1.165) is 65.0 Å². The van der Waals surface area contributed by atoms with Crippen LogP contribution in [0.2, 0.25) is 0 Å². The van der Waals surface area contributed by atoms with Crippen LogP contribution in [0.25, 0.3) is 0 Å². The van der Waals surface area contributed by atoms with E-state index < -0.39 is 5.67 Å². The van der Waals surface area contributed by atoms with Crippen molar-refractivity contribution in [3.8, 4) is 0 Å². The van der Waals surface area contributed by atoms with Gasteiger partial charge < -0.3 is 9.80 Å². The third-order valence-electron chi connectivity index (χ3n) is 6.46. The minimum Gasteiger partial charge on any atom is -0.340 e. The molecule has 2 aliphatic heterocycles. The first-order chi connectivity index (χ1) is 12.1. The predicted octanol–water partition coefficient (Wildman–Crippen LogP) is 2.34. The Balaban J connectivity index is 1.29. The number of hydrogen-bond acceptors (Lipinski definition) is 3. The lowest BCUT2D eigenvalue weighted by Crippen LogP contribution is -2.45. The van der Waals surface area contributed by atoms with Crippen LogP contribution in [0, 0.1) is 11.8 Å². The van der Waals surface area contributed by atoms with Crippen molar-refractivity contribution in [1.29, 1.82) is 0 Å². The second-order valence-electron chi connectivity index (χ2n) is 8.09.